The maximum Gasteiger partial charge on any atom is 0.410 e. The van der Waals surface area contributed by atoms with E-state index in [0.29, 0.717) is 30.8 Å². The van der Waals surface area contributed by atoms with Gasteiger partial charge in [0.05, 0.1) is 25.9 Å². The van der Waals surface area contributed by atoms with E-state index in [0.717, 1.165) is 0 Å². The Morgan fingerprint density at radius 1 is 1.31 bits per heavy atom. The van der Waals surface area contributed by atoms with Gasteiger partial charge < -0.3 is 19.4 Å². The zero-order chi connectivity index (χ0) is 19.1. The minimum atomic E-state index is -1.07. The third-order valence-corrected chi connectivity index (χ3v) is 4.21. The Balaban J connectivity index is 1.66. The normalized spacial score (nSPS) is 18.0. The van der Waals surface area contributed by atoms with Crippen molar-refractivity contribution >= 4 is 17.8 Å². The molecule has 1 amide bonds. The molecule has 26 heavy (non-hydrogen) atoms. The van der Waals surface area contributed by atoms with E-state index in [2.05, 4.69) is 5.16 Å². The van der Waals surface area contributed by atoms with Crippen molar-refractivity contribution in [2.75, 3.05) is 20.2 Å². The fraction of sp³-hybridized carbons (Fsp3) is 0.500. The zero-order valence-electron chi connectivity index (χ0n) is 15.2. The maximum absolute atomic E-state index is 12.1. The number of ether oxygens (including phenoxy) is 2. The first-order chi connectivity index (χ1) is 12.1. The van der Waals surface area contributed by atoms with Crippen LogP contribution in [0.1, 0.15) is 43.1 Å². The molecule has 0 atom stereocenters. The molecule has 8 nitrogen and oxygen atoms in total. The summed E-state index contributed by atoms with van der Waals surface area (Å²) in [6.07, 6.45) is 0.121. The lowest BCUT2D eigenvalue weighted by atomic mass is 9.87. The smallest absolute Gasteiger partial charge is 0.410 e. The predicted molar refractivity (Wildman–Crippen MR) is 92.7 cm³/mol. The van der Waals surface area contributed by atoms with E-state index < -0.39 is 17.2 Å². The summed E-state index contributed by atoms with van der Waals surface area (Å²) >= 11 is 0. The molecule has 0 bridgehead atoms. The molecule has 140 valence electrons. The number of carbonyl (C=O) groups is 2. The van der Waals surface area contributed by atoms with Crippen molar-refractivity contribution < 1.29 is 29.0 Å². The van der Waals surface area contributed by atoms with Crippen molar-refractivity contribution in [1.29, 1.82) is 0 Å². The van der Waals surface area contributed by atoms with E-state index in [-0.39, 0.29) is 17.4 Å². The topological polar surface area (TPSA) is 97.7 Å². The van der Waals surface area contributed by atoms with Crippen LogP contribution in [0.3, 0.4) is 0 Å². The Hall–Kier alpha value is -2.77. The number of aromatic carboxylic acids is 1. The van der Waals surface area contributed by atoms with Crippen molar-refractivity contribution in [1.82, 2.24) is 4.90 Å². The van der Waals surface area contributed by atoms with Crippen molar-refractivity contribution in [2.24, 2.45) is 5.16 Å². The second-order valence-corrected chi connectivity index (χ2v) is 7.55. The van der Waals surface area contributed by atoms with Gasteiger partial charge in [0.1, 0.15) is 16.9 Å². The molecule has 2 heterocycles. The van der Waals surface area contributed by atoms with Crippen molar-refractivity contribution in [3.05, 3.63) is 29.3 Å². The largest absolute Gasteiger partial charge is 0.496 e. The Labute approximate surface area is 151 Å². The molecule has 0 saturated carbocycles. The average Bonchev–Trinajstić information content (AvgIpc) is 2.96. The van der Waals surface area contributed by atoms with E-state index in [1.807, 2.05) is 20.8 Å². The number of likely N-dealkylation sites (tertiary alicyclic amines) is 1. The Kier molecular flexibility index (Phi) is 4.29. The van der Waals surface area contributed by atoms with Gasteiger partial charge in [0.25, 0.3) is 0 Å². The van der Waals surface area contributed by atoms with Crippen LogP contribution in [0, 0.1) is 0 Å². The van der Waals surface area contributed by atoms with Crippen LogP contribution in [-0.4, -0.2) is 59.2 Å². The van der Waals surface area contributed by atoms with Gasteiger partial charge >= 0.3 is 12.1 Å². The molecule has 0 aliphatic carbocycles. The zero-order valence-corrected chi connectivity index (χ0v) is 15.2. The quantitative estimate of drug-likeness (QED) is 0.887. The molecule has 1 fully saturated rings. The van der Waals surface area contributed by atoms with E-state index in [1.54, 1.807) is 17.0 Å². The molecule has 1 spiro atoms. The van der Waals surface area contributed by atoms with E-state index in [9.17, 15) is 14.7 Å². The van der Waals surface area contributed by atoms with Gasteiger partial charge in [-0.3, -0.25) is 4.90 Å². The first kappa shape index (κ1) is 18.0. The van der Waals surface area contributed by atoms with Crippen molar-refractivity contribution in [3.8, 4) is 5.75 Å². The Morgan fingerprint density at radius 2 is 2.00 bits per heavy atom. The molecule has 0 radical (unpaired) electrons. The number of hydrogen-bond donors (Lipinski definition) is 1. The minimum absolute atomic E-state index is 0.0673. The molecule has 1 aromatic rings. The van der Waals surface area contributed by atoms with Gasteiger partial charge in [0, 0.05) is 12.0 Å². The average molecular weight is 362 g/mol. The molecular weight excluding hydrogens is 340 g/mol. The van der Waals surface area contributed by atoms with Gasteiger partial charge in [-0.05, 0) is 39.0 Å². The summed E-state index contributed by atoms with van der Waals surface area (Å²) in [7, 11) is 1.42. The standard InChI is InChI=1S/C18H22N2O6/c1-17(2,3)25-16(23)20-9-18(10-20)8-13(19-26-18)11-5-6-14(24-4)12(7-11)15(21)22/h5-7H,8-10H2,1-4H3,(H,21,22). The highest BCUT2D eigenvalue weighted by atomic mass is 16.7. The first-order valence-corrected chi connectivity index (χ1v) is 8.27. The summed E-state index contributed by atoms with van der Waals surface area (Å²) in [5, 5.41) is 13.4. The fourth-order valence-electron chi connectivity index (χ4n) is 3.01. The molecule has 1 saturated heterocycles. The summed E-state index contributed by atoms with van der Waals surface area (Å²) in [6, 6.07) is 4.86. The summed E-state index contributed by atoms with van der Waals surface area (Å²) < 4.78 is 10.4. The Morgan fingerprint density at radius 3 is 2.58 bits per heavy atom. The second-order valence-electron chi connectivity index (χ2n) is 7.55. The highest BCUT2D eigenvalue weighted by molar-refractivity contribution is 6.04. The lowest BCUT2D eigenvalue weighted by molar-refractivity contribution is -0.122. The van der Waals surface area contributed by atoms with Crippen LogP contribution in [0.15, 0.2) is 23.4 Å². The van der Waals surface area contributed by atoms with Crippen LogP contribution in [0.5, 0.6) is 5.75 Å². The Bertz CT molecular complexity index is 774. The van der Waals surface area contributed by atoms with Gasteiger partial charge in [-0.25, -0.2) is 9.59 Å². The highest BCUT2D eigenvalue weighted by Gasteiger charge is 2.52. The van der Waals surface area contributed by atoms with Gasteiger partial charge in [-0.2, -0.15) is 0 Å². The van der Waals surface area contributed by atoms with Crippen LogP contribution in [0.2, 0.25) is 0 Å². The molecule has 0 unspecified atom stereocenters. The molecule has 0 aromatic heterocycles. The lowest BCUT2D eigenvalue weighted by Gasteiger charge is -2.45. The van der Waals surface area contributed by atoms with E-state index in [4.69, 9.17) is 14.3 Å². The molecule has 2 aliphatic heterocycles. The van der Waals surface area contributed by atoms with Crippen LogP contribution in [-0.2, 0) is 9.57 Å². The maximum atomic E-state index is 12.1. The summed E-state index contributed by atoms with van der Waals surface area (Å²) in [5.74, 6) is -0.784. The molecule has 2 aliphatic rings. The van der Waals surface area contributed by atoms with Crippen LogP contribution < -0.4 is 4.74 Å². The predicted octanol–water partition coefficient (Wildman–Crippen LogP) is 2.51. The summed E-state index contributed by atoms with van der Waals surface area (Å²) in [5.41, 5.74) is 0.275. The molecular formula is C18H22N2O6. The fourth-order valence-corrected chi connectivity index (χ4v) is 3.01. The van der Waals surface area contributed by atoms with Crippen LogP contribution >= 0.6 is 0 Å². The molecule has 1 aromatic carbocycles. The second kappa shape index (κ2) is 6.19. The number of rotatable bonds is 3. The van der Waals surface area contributed by atoms with E-state index in [1.165, 1.54) is 13.2 Å². The van der Waals surface area contributed by atoms with Crippen molar-refractivity contribution in [2.45, 2.75) is 38.4 Å². The number of hydrogen-bond acceptors (Lipinski definition) is 6. The first-order valence-electron chi connectivity index (χ1n) is 8.27. The minimum Gasteiger partial charge on any atom is -0.496 e. The van der Waals surface area contributed by atoms with Crippen LogP contribution in [0.25, 0.3) is 0 Å². The monoisotopic (exact) mass is 362 g/mol. The number of carboxylic acid groups (broad SMARTS) is 1. The number of amides is 1. The number of oxime groups is 1. The number of benzene rings is 1. The third kappa shape index (κ3) is 3.44. The van der Waals surface area contributed by atoms with E-state index >= 15 is 0 Å². The number of carbonyl (C=O) groups excluding carboxylic acids is 1. The molecule has 3 rings (SSSR count). The lowest BCUT2D eigenvalue weighted by Crippen LogP contribution is -2.64. The van der Waals surface area contributed by atoms with Gasteiger partial charge in [0.2, 0.25) is 0 Å². The number of carboxylic acids is 1. The van der Waals surface area contributed by atoms with Gasteiger partial charge in [-0.1, -0.05) is 5.16 Å². The SMILES string of the molecule is COc1ccc(C2=NOC3(C2)CN(C(=O)OC(C)(C)C)C3)cc1C(=O)O. The summed E-state index contributed by atoms with van der Waals surface area (Å²) in [6.45, 7) is 6.22. The summed E-state index contributed by atoms with van der Waals surface area (Å²) in [4.78, 5) is 30.6. The van der Waals surface area contributed by atoms with Gasteiger partial charge in [-0.15, -0.1) is 0 Å². The van der Waals surface area contributed by atoms with Crippen molar-refractivity contribution in [3.63, 3.8) is 0 Å². The highest BCUT2D eigenvalue weighted by Crippen LogP contribution is 2.36. The third-order valence-electron chi connectivity index (χ3n) is 4.21. The number of nitrogens with zero attached hydrogens (tertiary/aromatic N) is 2. The van der Waals surface area contributed by atoms with Crippen LogP contribution in [0.4, 0.5) is 4.79 Å². The molecule has 1 N–H and O–H groups in total. The molecule has 8 heteroatoms. The van der Waals surface area contributed by atoms with Gasteiger partial charge in [0.15, 0.2) is 5.60 Å². The number of methoxy groups -OCH3 is 1.